The van der Waals surface area contributed by atoms with Gasteiger partial charge < -0.3 is 10.6 Å². The molecule has 0 spiro atoms. The van der Waals surface area contributed by atoms with Crippen molar-refractivity contribution in [3.8, 4) is 0 Å². The fourth-order valence-electron chi connectivity index (χ4n) is 4.01. The summed E-state index contributed by atoms with van der Waals surface area (Å²) in [5, 5.41) is 7.73. The molecule has 5 nitrogen and oxygen atoms in total. The Bertz CT molecular complexity index is 771. The highest BCUT2D eigenvalue weighted by Gasteiger charge is 2.30. The summed E-state index contributed by atoms with van der Waals surface area (Å²) in [5.41, 5.74) is 2.52. The molecule has 2 N–H and O–H groups in total. The van der Waals surface area contributed by atoms with Crippen LogP contribution in [0.15, 0.2) is 53.8 Å². The Balaban J connectivity index is 0.00000300. The van der Waals surface area contributed by atoms with Gasteiger partial charge in [0.15, 0.2) is 5.96 Å². The molecule has 1 aliphatic heterocycles. The number of halogens is 2. The fraction of sp³-hybridized carbons (Fsp3) is 0.455. The number of hydrogen-bond donors (Lipinski definition) is 2. The van der Waals surface area contributed by atoms with Gasteiger partial charge in [0.05, 0.1) is 0 Å². The van der Waals surface area contributed by atoms with Crippen LogP contribution in [-0.2, 0) is 6.42 Å². The van der Waals surface area contributed by atoms with Crippen molar-refractivity contribution in [1.29, 1.82) is 0 Å². The summed E-state index contributed by atoms with van der Waals surface area (Å²) >= 11 is 6.25. The predicted octanol–water partition coefficient (Wildman–Crippen LogP) is 4.14. The molecule has 3 rings (SSSR count). The first-order chi connectivity index (χ1) is 13.7. The number of aromatic nitrogens is 1. The molecular formula is C22H31ClIN5. The third kappa shape index (κ3) is 7.12. The van der Waals surface area contributed by atoms with Crippen LogP contribution >= 0.6 is 35.6 Å². The lowest BCUT2D eigenvalue weighted by atomic mass is 9.85. The van der Waals surface area contributed by atoms with Gasteiger partial charge in [-0.25, -0.2) is 0 Å². The zero-order valence-corrected chi connectivity index (χ0v) is 20.2. The van der Waals surface area contributed by atoms with Gasteiger partial charge in [0.2, 0.25) is 0 Å². The van der Waals surface area contributed by atoms with E-state index >= 15 is 0 Å². The van der Waals surface area contributed by atoms with Gasteiger partial charge in [0.1, 0.15) is 0 Å². The molecule has 29 heavy (non-hydrogen) atoms. The van der Waals surface area contributed by atoms with Crippen molar-refractivity contribution in [3.63, 3.8) is 0 Å². The average Bonchev–Trinajstić information content (AvgIpc) is 2.71. The number of likely N-dealkylation sites (tertiary alicyclic amines) is 1. The lowest BCUT2D eigenvalue weighted by molar-refractivity contribution is 0.122. The van der Waals surface area contributed by atoms with Gasteiger partial charge in [-0.05, 0) is 68.1 Å². The van der Waals surface area contributed by atoms with E-state index in [0.29, 0.717) is 12.0 Å². The molecular weight excluding hydrogens is 497 g/mol. The summed E-state index contributed by atoms with van der Waals surface area (Å²) in [4.78, 5) is 11.0. The Morgan fingerprint density at radius 3 is 2.86 bits per heavy atom. The minimum atomic E-state index is 0. The largest absolute Gasteiger partial charge is 0.356 e. The predicted molar refractivity (Wildman–Crippen MR) is 132 cm³/mol. The van der Waals surface area contributed by atoms with Gasteiger partial charge >= 0.3 is 0 Å². The van der Waals surface area contributed by atoms with Crippen molar-refractivity contribution in [2.45, 2.75) is 25.3 Å². The molecule has 1 aromatic heterocycles. The van der Waals surface area contributed by atoms with Crippen LogP contribution in [0, 0.1) is 5.92 Å². The van der Waals surface area contributed by atoms with Gasteiger partial charge in [-0.15, -0.1) is 24.0 Å². The molecule has 2 aromatic rings. The standard InChI is InChI=1S/C22H30ClN5.HI/c1-24-22(26-12-10-17-6-4-11-25-15-17)27-16-19-8-5-13-28(2)21(19)18-7-3-9-20(23)14-18;/h3-4,6-7,9,11,14-15,19,21H,5,8,10,12-13,16H2,1-2H3,(H2,24,26,27);1H. The van der Waals surface area contributed by atoms with Crippen LogP contribution in [0.4, 0.5) is 0 Å². The Kier molecular flexibility index (Phi) is 10.2. The van der Waals surface area contributed by atoms with Gasteiger partial charge in [-0.3, -0.25) is 14.9 Å². The van der Waals surface area contributed by atoms with E-state index in [1.807, 2.05) is 31.4 Å². The SMILES string of the molecule is CN=C(NCCc1cccnc1)NCC1CCCN(C)C1c1cccc(Cl)c1.I. The number of guanidine groups is 1. The fourth-order valence-corrected chi connectivity index (χ4v) is 4.21. The summed E-state index contributed by atoms with van der Waals surface area (Å²) in [7, 11) is 4.03. The molecule has 158 valence electrons. The summed E-state index contributed by atoms with van der Waals surface area (Å²) in [6.07, 6.45) is 7.04. The molecule has 1 aromatic carbocycles. The third-order valence-corrected chi connectivity index (χ3v) is 5.62. The minimum absolute atomic E-state index is 0. The zero-order valence-electron chi connectivity index (χ0n) is 17.1. The van der Waals surface area contributed by atoms with Crippen molar-refractivity contribution in [1.82, 2.24) is 20.5 Å². The number of nitrogens with zero attached hydrogens (tertiary/aromatic N) is 3. The Hall–Kier alpha value is -1.38. The first-order valence-electron chi connectivity index (χ1n) is 9.96. The van der Waals surface area contributed by atoms with Crippen LogP contribution < -0.4 is 10.6 Å². The van der Waals surface area contributed by atoms with E-state index in [2.05, 4.69) is 50.8 Å². The van der Waals surface area contributed by atoms with Crippen LogP contribution in [-0.4, -0.2) is 49.6 Å². The van der Waals surface area contributed by atoms with Gasteiger partial charge in [-0.1, -0.05) is 29.8 Å². The average molecular weight is 528 g/mol. The van der Waals surface area contributed by atoms with Gasteiger partial charge in [0.25, 0.3) is 0 Å². The number of rotatable bonds is 6. The number of hydrogen-bond acceptors (Lipinski definition) is 3. The second-order valence-corrected chi connectivity index (χ2v) is 7.81. The molecule has 2 unspecified atom stereocenters. The van der Waals surface area contributed by atoms with Crippen LogP contribution in [0.2, 0.25) is 5.02 Å². The van der Waals surface area contributed by atoms with Gasteiger partial charge in [0, 0.05) is 43.6 Å². The maximum Gasteiger partial charge on any atom is 0.190 e. The maximum atomic E-state index is 6.25. The normalized spacial score (nSPS) is 20.0. The van der Waals surface area contributed by atoms with E-state index in [0.717, 1.165) is 37.0 Å². The Labute approximate surface area is 196 Å². The molecule has 0 saturated carbocycles. The summed E-state index contributed by atoms with van der Waals surface area (Å²) < 4.78 is 0. The Morgan fingerprint density at radius 2 is 2.14 bits per heavy atom. The molecule has 2 atom stereocenters. The molecule has 1 saturated heterocycles. The number of aliphatic imine (C=N–C) groups is 1. The molecule has 1 aliphatic rings. The maximum absolute atomic E-state index is 6.25. The van der Waals surface area contributed by atoms with Crippen molar-refractivity contribution in [3.05, 3.63) is 64.9 Å². The molecule has 0 bridgehead atoms. The first-order valence-corrected chi connectivity index (χ1v) is 10.3. The molecule has 2 heterocycles. The molecule has 0 aliphatic carbocycles. The number of nitrogens with one attached hydrogen (secondary N) is 2. The summed E-state index contributed by atoms with van der Waals surface area (Å²) in [6, 6.07) is 12.7. The molecule has 1 fully saturated rings. The number of piperidine rings is 1. The van der Waals surface area contributed by atoms with Crippen LogP contribution in [0.5, 0.6) is 0 Å². The van der Waals surface area contributed by atoms with Crippen LogP contribution in [0.3, 0.4) is 0 Å². The first kappa shape index (κ1) is 23.9. The summed E-state index contributed by atoms with van der Waals surface area (Å²) in [6.45, 7) is 2.83. The van der Waals surface area contributed by atoms with Crippen LogP contribution in [0.25, 0.3) is 0 Å². The topological polar surface area (TPSA) is 52.6 Å². The van der Waals surface area contributed by atoms with E-state index in [9.17, 15) is 0 Å². The second-order valence-electron chi connectivity index (χ2n) is 7.37. The number of benzene rings is 1. The van der Waals surface area contributed by atoms with E-state index < -0.39 is 0 Å². The smallest absolute Gasteiger partial charge is 0.190 e. The molecule has 0 radical (unpaired) electrons. The van der Waals surface area contributed by atoms with Crippen molar-refractivity contribution in [2.24, 2.45) is 10.9 Å². The van der Waals surface area contributed by atoms with Crippen molar-refractivity contribution >= 4 is 41.5 Å². The van der Waals surface area contributed by atoms with Gasteiger partial charge in [-0.2, -0.15) is 0 Å². The van der Waals surface area contributed by atoms with E-state index in [1.54, 1.807) is 6.20 Å². The minimum Gasteiger partial charge on any atom is -0.356 e. The highest BCUT2D eigenvalue weighted by molar-refractivity contribution is 14.0. The highest BCUT2D eigenvalue weighted by Crippen LogP contribution is 2.35. The Morgan fingerprint density at radius 1 is 1.28 bits per heavy atom. The van der Waals surface area contributed by atoms with E-state index in [4.69, 9.17) is 11.6 Å². The quantitative estimate of drug-likeness (QED) is 0.337. The number of pyridine rings is 1. The highest BCUT2D eigenvalue weighted by atomic mass is 127. The van der Waals surface area contributed by atoms with E-state index in [-0.39, 0.29) is 24.0 Å². The monoisotopic (exact) mass is 527 g/mol. The lowest BCUT2D eigenvalue weighted by Gasteiger charge is -2.40. The molecule has 0 amide bonds. The second kappa shape index (κ2) is 12.3. The summed E-state index contributed by atoms with van der Waals surface area (Å²) in [5.74, 6) is 1.36. The van der Waals surface area contributed by atoms with E-state index in [1.165, 1.54) is 24.0 Å². The zero-order chi connectivity index (χ0) is 19.8. The third-order valence-electron chi connectivity index (χ3n) is 5.38. The van der Waals surface area contributed by atoms with Crippen LogP contribution in [0.1, 0.15) is 30.0 Å². The van der Waals surface area contributed by atoms with Crippen molar-refractivity contribution < 1.29 is 0 Å². The lowest BCUT2D eigenvalue weighted by Crippen LogP contribution is -2.45. The van der Waals surface area contributed by atoms with Crippen molar-refractivity contribution in [2.75, 3.05) is 33.7 Å². The molecule has 7 heteroatoms.